The third-order valence-electron chi connectivity index (χ3n) is 5.58. The molecule has 0 aliphatic rings. The molecule has 41 heavy (non-hydrogen) atoms. The van der Waals surface area contributed by atoms with Crippen molar-refractivity contribution >= 4 is 74.1 Å². The van der Waals surface area contributed by atoms with E-state index in [9.17, 15) is 9.00 Å². The molecular formula is C28H20Cl2N6O4S. The van der Waals surface area contributed by atoms with Crippen molar-refractivity contribution < 1.29 is 18.5 Å². The molecule has 0 saturated carbocycles. The van der Waals surface area contributed by atoms with Gasteiger partial charge >= 0.3 is 0 Å². The Bertz CT molecular complexity index is 1780. The Hall–Kier alpha value is -4.68. The minimum absolute atomic E-state index is 0.131. The second-order valence-electron chi connectivity index (χ2n) is 8.26. The van der Waals surface area contributed by atoms with Crippen LogP contribution in [-0.4, -0.2) is 40.1 Å². The van der Waals surface area contributed by atoms with Crippen molar-refractivity contribution in [3.8, 4) is 23.6 Å². The first-order valence-electron chi connectivity index (χ1n) is 11.7. The molecule has 1 heterocycles. The van der Waals surface area contributed by atoms with Crippen LogP contribution in [-0.2, 0) is 15.6 Å². The Morgan fingerprint density at radius 2 is 1.76 bits per heavy atom. The normalized spacial score (nSPS) is 11.5. The number of carbonyl (C=O) groups is 1. The monoisotopic (exact) mass is 606 g/mol. The van der Waals surface area contributed by atoms with Gasteiger partial charge in [0.15, 0.2) is 11.5 Å². The second kappa shape index (κ2) is 13.1. The Morgan fingerprint density at radius 3 is 2.41 bits per heavy atom. The molecule has 4 rings (SSSR count). The molecule has 0 aliphatic heterocycles. The molecule has 10 nitrogen and oxygen atoms in total. The molecule has 0 bridgehead atoms. The van der Waals surface area contributed by atoms with Gasteiger partial charge in [0, 0.05) is 23.2 Å². The lowest BCUT2D eigenvalue weighted by atomic mass is 10.1. The van der Waals surface area contributed by atoms with Gasteiger partial charge in [-0.1, -0.05) is 29.3 Å². The number of hydrogen-bond donors (Lipinski definition) is 2. The predicted octanol–water partition coefficient (Wildman–Crippen LogP) is 5.85. The Kier molecular flexibility index (Phi) is 9.37. The van der Waals surface area contributed by atoms with Crippen LogP contribution in [0, 0.1) is 22.7 Å². The first kappa shape index (κ1) is 29.3. The third-order valence-corrected chi connectivity index (χ3v) is 7.29. The zero-order chi connectivity index (χ0) is 29.5. The summed E-state index contributed by atoms with van der Waals surface area (Å²) in [5.41, 5.74) is 2.03. The maximum atomic E-state index is 13.3. The molecule has 0 spiro atoms. The van der Waals surface area contributed by atoms with Crippen LogP contribution < -0.4 is 20.1 Å². The van der Waals surface area contributed by atoms with Crippen molar-refractivity contribution in [2.45, 2.75) is 5.16 Å². The number of nitrogens with one attached hydrogen (secondary N) is 2. The van der Waals surface area contributed by atoms with E-state index in [2.05, 4.69) is 20.6 Å². The summed E-state index contributed by atoms with van der Waals surface area (Å²) in [5, 5.41) is 24.4. The lowest BCUT2D eigenvalue weighted by molar-refractivity contribution is -0.113. The van der Waals surface area contributed by atoms with E-state index in [1.165, 1.54) is 26.4 Å². The third kappa shape index (κ3) is 6.91. The van der Waals surface area contributed by atoms with Gasteiger partial charge in [0.2, 0.25) is 11.1 Å². The van der Waals surface area contributed by atoms with Crippen molar-refractivity contribution in [1.29, 1.82) is 10.5 Å². The van der Waals surface area contributed by atoms with Crippen molar-refractivity contribution in [1.82, 2.24) is 9.97 Å². The number of ether oxygens (including phenoxy) is 2. The molecule has 1 unspecified atom stereocenters. The lowest BCUT2D eigenvalue weighted by Gasteiger charge is -2.15. The molecule has 0 fully saturated rings. The average Bonchev–Trinajstić information content (AvgIpc) is 2.96. The highest BCUT2D eigenvalue weighted by atomic mass is 35.5. The summed E-state index contributed by atoms with van der Waals surface area (Å²) in [7, 11) is 0.979. The smallest absolute Gasteiger partial charge is 0.237 e. The number of hydrogen-bond acceptors (Lipinski definition) is 9. The topological polar surface area (TPSA) is 150 Å². The van der Waals surface area contributed by atoms with Gasteiger partial charge in [-0.25, -0.2) is 9.97 Å². The maximum absolute atomic E-state index is 13.3. The maximum Gasteiger partial charge on any atom is 0.237 e. The summed E-state index contributed by atoms with van der Waals surface area (Å²) in [4.78, 5) is 21.5. The number of halogens is 2. The van der Waals surface area contributed by atoms with E-state index >= 15 is 0 Å². The number of amides is 1. The van der Waals surface area contributed by atoms with Crippen LogP contribution in [0.2, 0.25) is 10.0 Å². The number of nitriles is 2. The van der Waals surface area contributed by atoms with Crippen LogP contribution in [0.5, 0.6) is 11.5 Å². The summed E-state index contributed by atoms with van der Waals surface area (Å²) in [5.74, 6) is -0.0346. The van der Waals surface area contributed by atoms with Crippen LogP contribution in [0.3, 0.4) is 0 Å². The molecule has 1 atom stereocenters. The SMILES string of the molecule is COc1cc2nc(S(=O)CC(=O)Nc3cccc(C#N)c3)nc(Nc3c(Cl)cc(/C=C/C#N)cc3Cl)c2cc1OC. The minimum Gasteiger partial charge on any atom is -0.493 e. The number of fused-ring (bicyclic) bond motifs is 1. The summed E-state index contributed by atoms with van der Waals surface area (Å²) in [6, 6.07) is 16.7. The van der Waals surface area contributed by atoms with Crippen molar-refractivity contribution in [2.24, 2.45) is 0 Å². The van der Waals surface area contributed by atoms with Gasteiger partial charge in [-0.3, -0.25) is 9.00 Å². The molecule has 206 valence electrons. The number of anilines is 3. The van der Waals surface area contributed by atoms with Crippen LogP contribution in [0.1, 0.15) is 11.1 Å². The molecule has 2 N–H and O–H groups in total. The number of aromatic nitrogens is 2. The molecule has 0 aliphatic carbocycles. The second-order valence-corrected chi connectivity index (χ2v) is 10.4. The van der Waals surface area contributed by atoms with Gasteiger partial charge in [0.1, 0.15) is 22.4 Å². The summed E-state index contributed by atoms with van der Waals surface area (Å²) in [6.45, 7) is 0. The van der Waals surface area contributed by atoms with Gasteiger partial charge in [0.05, 0.1) is 53.2 Å². The number of carbonyl (C=O) groups excluding carboxylic acids is 1. The van der Waals surface area contributed by atoms with E-state index in [1.54, 1.807) is 48.5 Å². The number of allylic oxidation sites excluding steroid dienone is 1. The van der Waals surface area contributed by atoms with Crippen molar-refractivity contribution in [3.63, 3.8) is 0 Å². The predicted molar refractivity (Wildman–Crippen MR) is 158 cm³/mol. The minimum atomic E-state index is -1.97. The number of rotatable bonds is 9. The fourth-order valence-electron chi connectivity index (χ4n) is 3.74. The first-order valence-corrected chi connectivity index (χ1v) is 13.8. The fraction of sp³-hybridized carbons (Fsp3) is 0.107. The highest BCUT2D eigenvalue weighted by Crippen LogP contribution is 2.39. The highest BCUT2D eigenvalue weighted by Gasteiger charge is 2.20. The molecule has 1 aromatic heterocycles. The van der Waals surface area contributed by atoms with E-state index in [-0.39, 0.29) is 21.0 Å². The van der Waals surface area contributed by atoms with Gasteiger partial charge in [-0.2, -0.15) is 10.5 Å². The Morgan fingerprint density at radius 1 is 1.05 bits per heavy atom. The highest BCUT2D eigenvalue weighted by molar-refractivity contribution is 7.85. The largest absolute Gasteiger partial charge is 0.493 e. The first-order chi connectivity index (χ1) is 19.8. The van der Waals surface area contributed by atoms with E-state index < -0.39 is 22.5 Å². The average molecular weight is 607 g/mol. The zero-order valence-corrected chi connectivity index (χ0v) is 23.9. The van der Waals surface area contributed by atoms with Gasteiger partial charge in [0.25, 0.3) is 0 Å². The quantitative estimate of drug-likeness (QED) is 0.176. The number of nitrogens with zero attached hydrogens (tertiary/aromatic N) is 4. The van der Waals surface area contributed by atoms with Gasteiger partial charge in [-0.15, -0.1) is 0 Å². The molecule has 13 heteroatoms. The van der Waals surface area contributed by atoms with Gasteiger partial charge in [-0.05, 0) is 48.0 Å². The Labute approximate surface area is 247 Å². The van der Waals surface area contributed by atoms with E-state index in [0.717, 1.165) is 0 Å². The zero-order valence-electron chi connectivity index (χ0n) is 21.6. The summed E-state index contributed by atoms with van der Waals surface area (Å²) < 4.78 is 24.1. The number of methoxy groups -OCH3 is 2. The van der Waals surface area contributed by atoms with Crippen LogP contribution in [0.15, 0.2) is 59.8 Å². The summed E-state index contributed by atoms with van der Waals surface area (Å²) >= 11 is 13.0. The molecule has 3 aromatic carbocycles. The molecule has 0 radical (unpaired) electrons. The molecule has 1 amide bonds. The molecular weight excluding hydrogens is 587 g/mol. The summed E-state index contributed by atoms with van der Waals surface area (Å²) in [6.07, 6.45) is 2.85. The van der Waals surface area contributed by atoms with Gasteiger partial charge < -0.3 is 20.1 Å². The van der Waals surface area contributed by atoms with E-state index in [1.807, 2.05) is 12.1 Å². The van der Waals surface area contributed by atoms with Crippen molar-refractivity contribution in [2.75, 3.05) is 30.6 Å². The molecule has 0 saturated heterocycles. The lowest BCUT2D eigenvalue weighted by Crippen LogP contribution is -2.20. The van der Waals surface area contributed by atoms with Crippen LogP contribution >= 0.6 is 23.2 Å². The molecule has 4 aromatic rings. The number of benzene rings is 3. The van der Waals surface area contributed by atoms with E-state index in [0.29, 0.717) is 44.9 Å². The fourth-order valence-corrected chi connectivity index (χ4v) is 5.17. The van der Waals surface area contributed by atoms with E-state index in [4.69, 9.17) is 43.2 Å². The van der Waals surface area contributed by atoms with Crippen LogP contribution in [0.4, 0.5) is 17.2 Å². The standard InChI is InChI=1S/C28H20Cl2N6O4S/c1-39-23-12-19-22(13-24(23)40-2)34-28(41(38)15-25(37)33-18-7-3-5-17(9-18)14-32)36-27(19)35-26-20(29)10-16(6-4-8-31)11-21(26)30/h3-7,9-13H,15H2,1-2H3,(H,33,37)(H,34,35,36)/b6-4+. The van der Waals surface area contributed by atoms with Crippen LogP contribution in [0.25, 0.3) is 17.0 Å². The Balaban J connectivity index is 1.73. The van der Waals surface area contributed by atoms with Crippen molar-refractivity contribution in [3.05, 3.63) is 75.8 Å².